The zero-order valence-electron chi connectivity index (χ0n) is 30.1. The average molecular weight is 617 g/mol. The fraction of sp³-hybridized carbons (Fsp3) is 0.571. The maximum absolute atomic E-state index is 5.45. The summed E-state index contributed by atoms with van der Waals surface area (Å²) in [4.78, 5) is 21.5. The normalized spacial score (nSPS) is 24.7. The second-order valence-corrected chi connectivity index (χ2v) is 16.2. The summed E-state index contributed by atoms with van der Waals surface area (Å²) < 4.78 is 0. The van der Waals surface area contributed by atoms with Gasteiger partial charge in [-0.15, -0.1) is 0 Å². The van der Waals surface area contributed by atoms with Crippen molar-refractivity contribution in [3.05, 3.63) is 81.9 Å². The second kappa shape index (κ2) is 12.8. The Morgan fingerprint density at radius 1 is 0.609 bits per heavy atom. The van der Waals surface area contributed by atoms with Gasteiger partial charge in [-0.25, -0.2) is 15.0 Å². The molecule has 0 atom stereocenters. The van der Waals surface area contributed by atoms with Gasteiger partial charge in [0.25, 0.3) is 0 Å². The van der Waals surface area contributed by atoms with Crippen LogP contribution in [0.5, 0.6) is 0 Å². The number of para-hydroxylation sites is 2. The highest BCUT2D eigenvalue weighted by atomic mass is 15.0. The maximum Gasteiger partial charge on any atom is 0.174 e. The van der Waals surface area contributed by atoms with E-state index in [0.29, 0.717) is 23.7 Å². The molecule has 7 rings (SSSR count). The first kappa shape index (κ1) is 32.8. The molecule has 0 N–H and O–H groups in total. The molecule has 4 bridgehead atoms. The third-order valence-electron chi connectivity index (χ3n) is 11.2. The van der Waals surface area contributed by atoms with E-state index in [4.69, 9.17) is 20.0 Å². The van der Waals surface area contributed by atoms with Crippen LogP contribution in [0.1, 0.15) is 171 Å². The van der Waals surface area contributed by atoms with Gasteiger partial charge in [-0.3, -0.25) is 4.99 Å². The van der Waals surface area contributed by atoms with Crippen molar-refractivity contribution in [2.24, 2.45) is 27.7 Å². The standard InChI is InChI=1S/C42H56N4/c1-24(2)33-13-11-14-34(25(3)4)39(33)43-28(9)37-20-38(42-21-30-17-31(22-42)19-32(18-30)23-42)46-41(45-37)29(10)44-40-35(26(5)6)15-12-16-36(40)27(7)8/h11-16,20,24-27,30-32H,17-19,21-23H2,1-10H3. The highest BCUT2D eigenvalue weighted by Gasteiger charge is 2.52. The van der Waals surface area contributed by atoms with E-state index in [1.165, 1.54) is 66.5 Å². The van der Waals surface area contributed by atoms with Crippen LogP contribution in [0, 0.1) is 17.8 Å². The summed E-state index contributed by atoms with van der Waals surface area (Å²) in [7, 11) is 0. The number of benzene rings is 2. The molecular weight excluding hydrogens is 560 g/mol. The number of rotatable bonds is 9. The second-order valence-electron chi connectivity index (χ2n) is 16.2. The van der Waals surface area contributed by atoms with E-state index >= 15 is 0 Å². The molecule has 4 nitrogen and oxygen atoms in total. The van der Waals surface area contributed by atoms with E-state index in [1.54, 1.807) is 0 Å². The summed E-state index contributed by atoms with van der Waals surface area (Å²) in [5.41, 5.74) is 11.5. The summed E-state index contributed by atoms with van der Waals surface area (Å²) in [5.74, 6) is 4.82. The summed E-state index contributed by atoms with van der Waals surface area (Å²) >= 11 is 0. The third kappa shape index (κ3) is 6.26. The Morgan fingerprint density at radius 3 is 1.39 bits per heavy atom. The van der Waals surface area contributed by atoms with Crippen LogP contribution in [0.3, 0.4) is 0 Å². The van der Waals surface area contributed by atoms with E-state index in [2.05, 4.69) is 112 Å². The van der Waals surface area contributed by atoms with Gasteiger partial charge in [0.15, 0.2) is 5.82 Å². The Hall–Kier alpha value is -3.14. The van der Waals surface area contributed by atoms with Crippen LogP contribution in [0.4, 0.5) is 11.4 Å². The van der Waals surface area contributed by atoms with Crippen LogP contribution in [-0.4, -0.2) is 21.4 Å². The molecule has 3 aromatic rings. The topological polar surface area (TPSA) is 50.5 Å². The molecule has 2 aromatic carbocycles. The zero-order chi connectivity index (χ0) is 32.9. The Balaban J connectivity index is 1.53. The monoisotopic (exact) mass is 616 g/mol. The molecule has 0 unspecified atom stereocenters. The first-order valence-corrected chi connectivity index (χ1v) is 18.1. The van der Waals surface area contributed by atoms with Crippen molar-refractivity contribution in [1.29, 1.82) is 0 Å². The molecule has 0 spiro atoms. The number of hydrogen-bond acceptors (Lipinski definition) is 4. The molecule has 0 amide bonds. The average Bonchev–Trinajstić information content (AvgIpc) is 2.99. The first-order chi connectivity index (χ1) is 21.8. The third-order valence-corrected chi connectivity index (χ3v) is 11.2. The van der Waals surface area contributed by atoms with Gasteiger partial charge in [0.1, 0.15) is 0 Å². The van der Waals surface area contributed by atoms with Crippen LogP contribution in [0.15, 0.2) is 52.4 Å². The molecule has 0 saturated heterocycles. The van der Waals surface area contributed by atoms with Crippen molar-refractivity contribution in [3.8, 4) is 0 Å². The molecular formula is C42H56N4. The summed E-state index contributed by atoms with van der Waals surface area (Å²) in [6.45, 7) is 22.4. The number of aliphatic imine (C=N–C) groups is 2. The van der Waals surface area contributed by atoms with E-state index in [-0.39, 0.29) is 5.41 Å². The highest BCUT2D eigenvalue weighted by Crippen LogP contribution is 2.60. The van der Waals surface area contributed by atoms with Gasteiger partial charge in [-0.05, 0) is 122 Å². The minimum Gasteiger partial charge on any atom is -0.251 e. The fourth-order valence-corrected chi connectivity index (χ4v) is 9.21. The van der Waals surface area contributed by atoms with Crippen LogP contribution in [0.2, 0.25) is 0 Å². The molecule has 4 aliphatic rings. The Kier molecular flexibility index (Phi) is 9.13. The van der Waals surface area contributed by atoms with E-state index < -0.39 is 0 Å². The predicted molar refractivity (Wildman–Crippen MR) is 195 cm³/mol. The summed E-state index contributed by atoms with van der Waals surface area (Å²) in [6, 6.07) is 15.6. The SMILES string of the molecule is CC(=Nc1c(C(C)C)cccc1C(C)C)c1cc(C23CC4CC(CC(C4)C2)C3)nc(C(C)=Nc2c(C(C)C)cccc2C(C)C)n1. The lowest BCUT2D eigenvalue weighted by Gasteiger charge is -2.56. The predicted octanol–water partition coefficient (Wildman–Crippen LogP) is 11.7. The van der Waals surface area contributed by atoms with Crippen molar-refractivity contribution >= 4 is 22.8 Å². The van der Waals surface area contributed by atoms with Gasteiger partial charge in [-0.2, -0.15) is 0 Å². The molecule has 0 radical (unpaired) electrons. The highest BCUT2D eigenvalue weighted by molar-refractivity contribution is 6.02. The van der Waals surface area contributed by atoms with E-state index in [9.17, 15) is 0 Å². The van der Waals surface area contributed by atoms with Crippen LogP contribution < -0.4 is 0 Å². The smallest absolute Gasteiger partial charge is 0.174 e. The van der Waals surface area contributed by atoms with E-state index in [0.717, 1.165) is 52.1 Å². The first-order valence-electron chi connectivity index (χ1n) is 18.1. The van der Waals surface area contributed by atoms with Crippen molar-refractivity contribution in [3.63, 3.8) is 0 Å². The Bertz CT molecular complexity index is 1470. The van der Waals surface area contributed by atoms with Gasteiger partial charge < -0.3 is 0 Å². The van der Waals surface area contributed by atoms with Gasteiger partial charge >= 0.3 is 0 Å². The van der Waals surface area contributed by atoms with Crippen LogP contribution >= 0.6 is 0 Å². The molecule has 4 aliphatic carbocycles. The van der Waals surface area contributed by atoms with Gasteiger partial charge in [0.2, 0.25) is 0 Å². The van der Waals surface area contributed by atoms with Gasteiger partial charge in [0.05, 0.1) is 34.2 Å². The molecule has 1 heterocycles. The lowest BCUT2D eigenvalue weighted by molar-refractivity contribution is -0.00729. The zero-order valence-corrected chi connectivity index (χ0v) is 30.1. The molecule has 244 valence electrons. The van der Waals surface area contributed by atoms with Gasteiger partial charge in [-0.1, -0.05) is 91.8 Å². The largest absolute Gasteiger partial charge is 0.251 e. The number of hydrogen-bond donors (Lipinski definition) is 0. The molecule has 0 aliphatic heterocycles. The summed E-state index contributed by atoms with van der Waals surface area (Å²) in [6.07, 6.45) is 8.05. The summed E-state index contributed by atoms with van der Waals surface area (Å²) in [5, 5.41) is 0. The fourth-order valence-electron chi connectivity index (χ4n) is 9.21. The van der Waals surface area contributed by atoms with E-state index in [1.807, 2.05) is 0 Å². The maximum atomic E-state index is 5.45. The Labute approximate surface area is 278 Å². The molecule has 4 saturated carbocycles. The molecule has 4 heteroatoms. The van der Waals surface area contributed by atoms with Crippen molar-refractivity contribution in [2.45, 2.75) is 137 Å². The minimum absolute atomic E-state index is 0.152. The minimum atomic E-state index is 0.152. The van der Waals surface area contributed by atoms with Gasteiger partial charge in [0, 0.05) is 5.41 Å². The number of aromatic nitrogens is 2. The molecule has 4 fully saturated rings. The van der Waals surface area contributed by atoms with Crippen molar-refractivity contribution < 1.29 is 0 Å². The quantitative estimate of drug-likeness (QED) is 0.225. The lowest BCUT2D eigenvalue weighted by atomic mass is 9.49. The van der Waals surface area contributed by atoms with Crippen LogP contribution in [-0.2, 0) is 5.41 Å². The van der Waals surface area contributed by atoms with Crippen molar-refractivity contribution in [2.75, 3.05) is 0 Å². The number of nitrogens with zero attached hydrogens (tertiary/aromatic N) is 4. The van der Waals surface area contributed by atoms with Crippen LogP contribution in [0.25, 0.3) is 0 Å². The van der Waals surface area contributed by atoms with Crippen molar-refractivity contribution in [1.82, 2.24) is 9.97 Å². The molecule has 1 aromatic heterocycles. The Morgan fingerprint density at radius 2 is 1.00 bits per heavy atom. The lowest BCUT2D eigenvalue weighted by Crippen LogP contribution is -2.49. The molecule has 46 heavy (non-hydrogen) atoms.